The number of hydrogen-bond donors (Lipinski definition) is 2. The molecule has 0 unspecified atom stereocenters. The lowest BCUT2D eigenvalue weighted by molar-refractivity contribution is 0.599. The van der Waals surface area contributed by atoms with Crippen LogP contribution >= 0.6 is 24.4 Å². The van der Waals surface area contributed by atoms with E-state index in [4.69, 9.17) is 24.4 Å². The van der Waals surface area contributed by atoms with E-state index in [1.807, 2.05) is 14.1 Å². The average molecular weight is 216 g/mol. The fraction of sp³-hybridized carbons (Fsp3) is 0.778. The van der Waals surface area contributed by atoms with Crippen molar-refractivity contribution in [3.05, 3.63) is 0 Å². The Morgan fingerprint density at radius 2 is 1.31 bits per heavy atom. The van der Waals surface area contributed by atoms with E-state index in [9.17, 15) is 0 Å². The van der Waals surface area contributed by atoms with Crippen molar-refractivity contribution in [3.63, 3.8) is 0 Å². The third-order valence-corrected chi connectivity index (χ3v) is 3.80. The minimum Gasteiger partial charge on any atom is -0.382 e. The molecule has 0 amide bonds. The molecule has 1 aliphatic rings. The van der Waals surface area contributed by atoms with Crippen LogP contribution in [0.2, 0.25) is 0 Å². The highest BCUT2D eigenvalue weighted by atomic mass is 32.1. The normalized spacial score (nSPS) is 29.2. The van der Waals surface area contributed by atoms with Gasteiger partial charge in [0.25, 0.3) is 0 Å². The number of hydrogen-bond acceptors (Lipinski definition) is 2. The monoisotopic (exact) mass is 216 g/mol. The second-order valence-corrected chi connectivity index (χ2v) is 4.88. The maximum atomic E-state index is 5.24. The van der Waals surface area contributed by atoms with Gasteiger partial charge in [0.15, 0.2) is 0 Å². The summed E-state index contributed by atoms with van der Waals surface area (Å²) in [6, 6.07) is 0. The quantitative estimate of drug-likeness (QED) is 0.681. The summed E-state index contributed by atoms with van der Waals surface area (Å²) in [4.78, 5) is 1.85. The molecule has 0 aliphatic heterocycles. The van der Waals surface area contributed by atoms with Gasteiger partial charge in [-0.05, 0) is 5.41 Å². The molecule has 0 spiro atoms. The molecule has 0 saturated heterocycles. The van der Waals surface area contributed by atoms with E-state index in [0.29, 0.717) is 11.8 Å². The Bertz CT molecular complexity index is 224. The Morgan fingerprint density at radius 1 is 1.00 bits per heavy atom. The molecular weight excluding hydrogens is 200 g/mol. The maximum absolute atomic E-state index is 5.24. The topological polar surface area (TPSA) is 24.1 Å². The number of thiocarbonyl (C=S) groups is 2. The van der Waals surface area contributed by atoms with Gasteiger partial charge in [0.2, 0.25) is 0 Å². The van der Waals surface area contributed by atoms with Gasteiger partial charge in [-0.1, -0.05) is 38.3 Å². The van der Waals surface area contributed by atoms with E-state index in [1.165, 1.54) is 0 Å². The second-order valence-electron chi connectivity index (χ2n) is 4.01. The van der Waals surface area contributed by atoms with Crippen LogP contribution in [-0.2, 0) is 0 Å². The highest BCUT2D eigenvalue weighted by molar-refractivity contribution is 7.81. The van der Waals surface area contributed by atoms with Crippen molar-refractivity contribution in [2.75, 3.05) is 14.1 Å². The van der Waals surface area contributed by atoms with E-state index in [-0.39, 0.29) is 5.41 Å². The van der Waals surface area contributed by atoms with Gasteiger partial charge in [-0.15, -0.1) is 0 Å². The zero-order valence-electron chi connectivity index (χ0n) is 8.47. The molecule has 2 nitrogen and oxygen atoms in total. The third-order valence-electron chi connectivity index (χ3n) is 2.89. The largest absolute Gasteiger partial charge is 0.382 e. The minimum atomic E-state index is 0.222. The van der Waals surface area contributed by atoms with Gasteiger partial charge in [-0.25, -0.2) is 0 Å². The van der Waals surface area contributed by atoms with Crippen LogP contribution in [0.1, 0.15) is 13.8 Å². The molecule has 4 heteroatoms. The zero-order chi connectivity index (χ0) is 10.2. The summed E-state index contributed by atoms with van der Waals surface area (Å²) < 4.78 is 0. The third kappa shape index (κ3) is 1.70. The molecule has 1 saturated carbocycles. The molecule has 2 atom stereocenters. The fourth-order valence-electron chi connectivity index (χ4n) is 1.93. The summed E-state index contributed by atoms with van der Waals surface area (Å²) in [5.74, 6) is 0.819. The lowest BCUT2D eigenvalue weighted by atomic mass is 10.1. The molecule has 2 N–H and O–H groups in total. The van der Waals surface area contributed by atoms with E-state index in [1.54, 1.807) is 0 Å². The molecule has 0 bridgehead atoms. The van der Waals surface area contributed by atoms with Crippen molar-refractivity contribution < 1.29 is 0 Å². The molecule has 0 aromatic heterocycles. The first-order valence-electron chi connectivity index (χ1n) is 4.40. The van der Waals surface area contributed by atoms with Gasteiger partial charge >= 0.3 is 0 Å². The first-order valence-corrected chi connectivity index (χ1v) is 5.21. The summed E-state index contributed by atoms with van der Waals surface area (Å²) in [7, 11) is 3.74. The predicted octanol–water partition coefficient (Wildman–Crippen LogP) is 1.35. The summed E-state index contributed by atoms with van der Waals surface area (Å²) in [5, 5.41) is 6.07. The molecule has 13 heavy (non-hydrogen) atoms. The Hall–Kier alpha value is -0.220. The molecule has 0 aromatic rings. The maximum Gasteiger partial charge on any atom is 0.0795 e. The van der Waals surface area contributed by atoms with Gasteiger partial charge in [-0.3, -0.25) is 0 Å². The van der Waals surface area contributed by atoms with Gasteiger partial charge in [0.1, 0.15) is 0 Å². The Kier molecular flexibility index (Phi) is 2.92. The molecule has 1 rings (SSSR count). The molecular formula is C9H16N2S2. The van der Waals surface area contributed by atoms with E-state index in [0.717, 1.165) is 9.98 Å². The van der Waals surface area contributed by atoms with Gasteiger partial charge in [0.05, 0.1) is 9.98 Å². The zero-order valence-corrected chi connectivity index (χ0v) is 10.1. The van der Waals surface area contributed by atoms with Crippen LogP contribution < -0.4 is 10.6 Å². The average Bonchev–Trinajstić information content (AvgIpc) is 2.66. The lowest BCUT2D eigenvalue weighted by Crippen LogP contribution is -2.23. The van der Waals surface area contributed by atoms with Crippen molar-refractivity contribution in [1.29, 1.82) is 0 Å². The Morgan fingerprint density at radius 3 is 1.54 bits per heavy atom. The highest BCUT2D eigenvalue weighted by Crippen LogP contribution is 2.58. The van der Waals surface area contributed by atoms with Crippen molar-refractivity contribution in [3.8, 4) is 0 Å². The van der Waals surface area contributed by atoms with Crippen LogP contribution in [0.5, 0.6) is 0 Å². The van der Waals surface area contributed by atoms with Crippen molar-refractivity contribution >= 4 is 34.4 Å². The first-order chi connectivity index (χ1) is 5.96. The molecule has 0 radical (unpaired) electrons. The number of nitrogens with one attached hydrogen (secondary N) is 2. The summed E-state index contributed by atoms with van der Waals surface area (Å²) in [6.07, 6.45) is 0. The van der Waals surface area contributed by atoms with Gasteiger partial charge in [-0.2, -0.15) is 0 Å². The van der Waals surface area contributed by atoms with Crippen LogP contribution in [0, 0.1) is 17.3 Å². The van der Waals surface area contributed by atoms with Crippen LogP contribution in [0.4, 0.5) is 0 Å². The minimum absolute atomic E-state index is 0.222. The fourth-order valence-corrected chi connectivity index (χ4v) is 2.81. The Labute approximate surface area is 90.5 Å². The van der Waals surface area contributed by atoms with E-state index >= 15 is 0 Å². The molecule has 74 valence electrons. The van der Waals surface area contributed by atoms with Crippen molar-refractivity contribution in [2.45, 2.75) is 13.8 Å². The lowest BCUT2D eigenvalue weighted by Gasteiger charge is -2.02. The van der Waals surface area contributed by atoms with Crippen LogP contribution in [-0.4, -0.2) is 24.1 Å². The summed E-state index contributed by atoms with van der Waals surface area (Å²) in [6.45, 7) is 4.41. The molecule has 0 aromatic carbocycles. The van der Waals surface area contributed by atoms with Crippen LogP contribution in [0.25, 0.3) is 0 Å². The second kappa shape index (κ2) is 3.50. The molecule has 1 aliphatic carbocycles. The standard InChI is InChI=1S/C9H16N2S2/c1-9(2)5(7(12)10-3)6(9)8(13)11-4/h5-6H,1-4H3,(H,10,12)(H,11,13)/t5-,6-/m0/s1. The van der Waals surface area contributed by atoms with Crippen molar-refractivity contribution in [2.24, 2.45) is 17.3 Å². The smallest absolute Gasteiger partial charge is 0.0795 e. The van der Waals surface area contributed by atoms with Crippen LogP contribution in [0.15, 0.2) is 0 Å². The summed E-state index contributed by atoms with van der Waals surface area (Å²) >= 11 is 10.5. The number of rotatable bonds is 2. The van der Waals surface area contributed by atoms with E-state index in [2.05, 4.69) is 24.5 Å². The van der Waals surface area contributed by atoms with Crippen molar-refractivity contribution in [1.82, 2.24) is 10.6 Å². The highest BCUT2D eigenvalue weighted by Gasteiger charge is 2.61. The van der Waals surface area contributed by atoms with Gasteiger partial charge < -0.3 is 10.6 Å². The van der Waals surface area contributed by atoms with Gasteiger partial charge in [0, 0.05) is 25.9 Å². The van der Waals surface area contributed by atoms with E-state index < -0.39 is 0 Å². The Balaban J connectivity index is 2.71. The molecule has 0 heterocycles. The first kappa shape index (κ1) is 10.9. The summed E-state index contributed by atoms with van der Waals surface area (Å²) in [5.41, 5.74) is 0.222. The van der Waals surface area contributed by atoms with Crippen LogP contribution in [0.3, 0.4) is 0 Å². The SMILES string of the molecule is CNC(=S)[C@@H]1[C@@H](C(=S)NC)C1(C)C. The molecule has 1 fully saturated rings. The predicted molar refractivity (Wildman–Crippen MR) is 64.1 cm³/mol.